The molecule has 0 saturated heterocycles. The van der Waals surface area contributed by atoms with Crippen LogP contribution < -0.4 is 0 Å². The van der Waals surface area contributed by atoms with E-state index in [0.717, 1.165) is 24.7 Å². The quantitative estimate of drug-likeness (QED) is 0.830. The van der Waals surface area contributed by atoms with E-state index in [1.807, 2.05) is 7.05 Å². The second-order valence-corrected chi connectivity index (χ2v) is 5.54. The Balaban J connectivity index is 1.76. The van der Waals surface area contributed by atoms with E-state index in [1.165, 1.54) is 31.9 Å². The highest BCUT2D eigenvalue weighted by atomic mass is 16.4. The van der Waals surface area contributed by atoms with Gasteiger partial charge in [-0.25, -0.2) is 4.79 Å². The summed E-state index contributed by atoms with van der Waals surface area (Å²) in [5, 5.41) is 13.2. The molecule has 18 heavy (non-hydrogen) atoms. The molecule has 1 N–H and O–H groups in total. The number of carboxylic acids is 1. The van der Waals surface area contributed by atoms with E-state index in [1.54, 1.807) is 4.68 Å². The van der Waals surface area contributed by atoms with Crippen molar-refractivity contribution in [1.29, 1.82) is 0 Å². The van der Waals surface area contributed by atoms with Gasteiger partial charge in [0.25, 0.3) is 0 Å². The van der Waals surface area contributed by atoms with Crippen molar-refractivity contribution in [3.05, 3.63) is 17.5 Å². The Morgan fingerprint density at radius 2 is 2.22 bits per heavy atom. The van der Waals surface area contributed by atoms with E-state index in [9.17, 15) is 4.79 Å². The van der Waals surface area contributed by atoms with Gasteiger partial charge in [0.1, 0.15) is 5.56 Å². The van der Waals surface area contributed by atoms with E-state index >= 15 is 0 Å². The topological polar surface area (TPSA) is 58.4 Å². The molecule has 2 aliphatic carbocycles. The molecule has 1 aromatic rings. The van der Waals surface area contributed by atoms with Gasteiger partial charge in [-0.3, -0.25) is 9.58 Å². The molecule has 0 aliphatic heterocycles. The molecule has 1 heterocycles. The Labute approximate surface area is 106 Å². The zero-order chi connectivity index (χ0) is 12.7. The van der Waals surface area contributed by atoms with Crippen LogP contribution >= 0.6 is 0 Å². The van der Waals surface area contributed by atoms with Gasteiger partial charge in [0.05, 0.1) is 11.9 Å². The van der Waals surface area contributed by atoms with Crippen LogP contribution in [0.15, 0.2) is 6.20 Å². The van der Waals surface area contributed by atoms with Crippen molar-refractivity contribution in [3.8, 4) is 0 Å². The lowest BCUT2D eigenvalue weighted by Crippen LogP contribution is -2.29. The number of aryl methyl sites for hydroxylation is 1. The molecule has 0 unspecified atom stereocenters. The van der Waals surface area contributed by atoms with E-state index in [4.69, 9.17) is 5.11 Å². The van der Waals surface area contributed by atoms with Gasteiger partial charge in [0.15, 0.2) is 0 Å². The van der Waals surface area contributed by atoms with Crippen LogP contribution in [0.5, 0.6) is 0 Å². The molecule has 2 aliphatic rings. The van der Waals surface area contributed by atoms with Crippen molar-refractivity contribution >= 4 is 5.97 Å². The third kappa shape index (κ3) is 2.41. The molecule has 5 nitrogen and oxygen atoms in total. The molecule has 0 radical (unpaired) electrons. The molecule has 0 amide bonds. The normalized spacial score (nSPS) is 19.4. The minimum atomic E-state index is -0.875. The maximum atomic E-state index is 11.2. The summed E-state index contributed by atoms with van der Waals surface area (Å²) in [6.07, 6.45) is 6.64. The van der Waals surface area contributed by atoms with Crippen molar-refractivity contribution < 1.29 is 9.90 Å². The summed E-state index contributed by atoms with van der Waals surface area (Å²) in [5.74, 6) is -0.0348. The molecule has 98 valence electrons. The monoisotopic (exact) mass is 249 g/mol. The molecule has 0 spiro atoms. The van der Waals surface area contributed by atoms with E-state index in [2.05, 4.69) is 10.00 Å². The molecular formula is C13H19N3O2. The molecule has 1 aromatic heterocycles. The Bertz CT molecular complexity index is 461. The number of aromatic nitrogens is 2. The fourth-order valence-electron chi connectivity index (χ4n) is 2.44. The van der Waals surface area contributed by atoms with Crippen molar-refractivity contribution in [1.82, 2.24) is 14.7 Å². The molecule has 5 heteroatoms. The summed E-state index contributed by atoms with van der Waals surface area (Å²) < 4.78 is 1.70. The molecule has 2 saturated carbocycles. The lowest BCUT2D eigenvalue weighted by Gasteiger charge is -2.22. The summed E-state index contributed by atoms with van der Waals surface area (Å²) in [5.41, 5.74) is 1.17. The van der Waals surface area contributed by atoms with Gasteiger partial charge in [0.2, 0.25) is 0 Å². The number of hydrogen-bond donors (Lipinski definition) is 1. The predicted octanol–water partition coefficient (Wildman–Crippen LogP) is 1.49. The number of carbonyl (C=O) groups is 1. The van der Waals surface area contributed by atoms with Gasteiger partial charge in [-0.1, -0.05) is 0 Å². The van der Waals surface area contributed by atoms with Crippen LogP contribution in [0.2, 0.25) is 0 Å². The fourth-order valence-corrected chi connectivity index (χ4v) is 2.44. The summed E-state index contributed by atoms with van der Waals surface area (Å²) in [6.45, 7) is 1.84. The zero-order valence-corrected chi connectivity index (χ0v) is 10.7. The second kappa shape index (κ2) is 4.39. The molecule has 2 fully saturated rings. The van der Waals surface area contributed by atoms with Crippen molar-refractivity contribution in [2.45, 2.75) is 38.3 Å². The average molecular weight is 249 g/mol. The van der Waals surface area contributed by atoms with Crippen LogP contribution in [0.4, 0.5) is 0 Å². The summed E-state index contributed by atoms with van der Waals surface area (Å²) in [6, 6.07) is 0.669. The highest BCUT2D eigenvalue weighted by Gasteiger charge is 2.34. The number of nitrogens with zero attached hydrogens (tertiary/aromatic N) is 3. The Hall–Kier alpha value is -1.36. The second-order valence-electron chi connectivity index (χ2n) is 5.54. The van der Waals surface area contributed by atoms with E-state index in [-0.39, 0.29) is 0 Å². The summed E-state index contributed by atoms with van der Waals surface area (Å²) in [4.78, 5) is 13.6. The van der Waals surface area contributed by atoms with Gasteiger partial charge < -0.3 is 5.11 Å². The maximum Gasteiger partial charge on any atom is 0.339 e. The van der Waals surface area contributed by atoms with Crippen LogP contribution in [0.25, 0.3) is 0 Å². The van der Waals surface area contributed by atoms with Crippen molar-refractivity contribution in [2.24, 2.45) is 13.0 Å². The van der Waals surface area contributed by atoms with E-state index in [0.29, 0.717) is 11.6 Å². The highest BCUT2D eigenvalue weighted by Crippen LogP contribution is 2.35. The number of hydrogen-bond acceptors (Lipinski definition) is 3. The van der Waals surface area contributed by atoms with Gasteiger partial charge >= 0.3 is 5.97 Å². The van der Waals surface area contributed by atoms with Crippen LogP contribution in [-0.2, 0) is 13.6 Å². The van der Waals surface area contributed by atoms with E-state index < -0.39 is 5.97 Å². The largest absolute Gasteiger partial charge is 0.478 e. The summed E-state index contributed by atoms with van der Waals surface area (Å²) >= 11 is 0. The summed E-state index contributed by atoms with van der Waals surface area (Å²) in [7, 11) is 1.82. The SMILES string of the molecule is Cn1ncc(C(=O)O)c1CN(CC1CC1)C1CC1. The van der Waals surface area contributed by atoms with Crippen LogP contribution in [0, 0.1) is 5.92 Å². The van der Waals surface area contributed by atoms with Gasteiger partial charge in [-0.2, -0.15) is 5.10 Å². The third-order valence-corrected chi connectivity index (χ3v) is 3.90. The molecule has 3 rings (SSSR count). The molecular weight excluding hydrogens is 230 g/mol. The van der Waals surface area contributed by atoms with Gasteiger partial charge in [-0.05, 0) is 31.6 Å². The average Bonchev–Trinajstić information content (AvgIpc) is 3.20. The Morgan fingerprint density at radius 3 is 2.78 bits per heavy atom. The van der Waals surface area contributed by atoms with Gasteiger partial charge in [-0.15, -0.1) is 0 Å². The Kier molecular flexibility index (Phi) is 2.86. The first-order valence-electron chi connectivity index (χ1n) is 6.63. The van der Waals surface area contributed by atoms with Crippen molar-refractivity contribution in [3.63, 3.8) is 0 Å². The Morgan fingerprint density at radius 1 is 1.50 bits per heavy atom. The minimum Gasteiger partial charge on any atom is -0.478 e. The highest BCUT2D eigenvalue weighted by molar-refractivity contribution is 5.88. The first-order chi connectivity index (χ1) is 8.65. The fraction of sp³-hybridized carbons (Fsp3) is 0.692. The van der Waals surface area contributed by atoms with Gasteiger partial charge in [0, 0.05) is 26.2 Å². The zero-order valence-electron chi connectivity index (χ0n) is 10.7. The number of carboxylic acid groups (broad SMARTS) is 1. The first kappa shape index (κ1) is 11.7. The number of rotatable bonds is 6. The third-order valence-electron chi connectivity index (χ3n) is 3.90. The van der Waals surface area contributed by atoms with Crippen LogP contribution in [0.3, 0.4) is 0 Å². The first-order valence-corrected chi connectivity index (χ1v) is 6.63. The van der Waals surface area contributed by atoms with Crippen molar-refractivity contribution in [2.75, 3.05) is 6.54 Å². The molecule has 0 atom stereocenters. The minimum absolute atomic E-state index is 0.346. The predicted molar refractivity (Wildman–Crippen MR) is 66.3 cm³/mol. The molecule has 0 aromatic carbocycles. The lowest BCUT2D eigenvalue weighted by molar-refractivity contribution is 0.0694. The smallest absolute Gasteiger partial charge is 0.339 e. The maximum absolute atomic E-state index is 11.2. The molecule has 0 bridgehead atoms. The van der Waals surface area contributed by atoms with Crippen LogP contribution in [-0.4, -0.2) is 38.3 Å². The number of aromatic carboxylic acids is 1. The standard InChI is InChI=1S/C13H19N3O2/c1-15-12(11(6-14-15)13(17)18)8-16(10-4-5-10)7-9-2-3-9/h6,9-10H,2-5,7-8H2,1H3,(H,17,18). The van der Waals surface area contributed by atoms with Crippen LogP contribution in [0.1, 0.15) is 41.7 Å². The lowest BCUT2D eigenvalue weighted by atomic mass is 10.2.